The number of carbonyl (C=O) groups excluding carboxylic acids is 2. The number of imide groups is 1. The molecule has 3 aliphatic rings. The molecule has 2 aromatic rings. The van der Waals surface area contributed by atoms with E-state index in [0.29, 0.717) is 24.7 Å². The van der Waals surface area contributed by atoms with Gasteiger partial charge in [-0.15, -0.1) is 0 Å². The Morgan fingerprint density at radius 2 is 1.75 bits per heavy atom. The van der Waals surface area contributed by atoms with Crippen LogP contribution < -0.4 is 9.64 Å². The van der Waals surface area contributed by atoms with Gasteiger partial charge in [-0.25, -0.2) is 9.79 Å². The summed E-state index contributed by atoms with van der Waals surface area (Å²) in [6, 6.07) is 16.6. The SMILES string of the molecule is COc1ccccc1N1C(C)=CN2C1=NC1C2C(=O)N(CCc2ccccc2)C(=O)N1C. The molecule has 1 fully saturated rings. The number of carbonyl (C=O) groups is 2. The molecule has 0 spiro atoms. The van der Waals surface area contributed by atoms with Crippen molar-refractivity contribution in [1.82, 2.24) is 14.7 Å². The molecule has 3 heterocycles. The normalized spacial score (nSPS) is 22.1. The maximum Gasteiger partial charge on any atom is 0.328 e. The molecule has 0 saturated carbocycles. The second kappa shape index (κ2) is 7.71. The van der Waals surface area contributed by atoms with Crippen molar-refractivity contribution < 1.29 is 14.3 Å². The molecule has 32 heavy (non-hydrogen) atoms. The van der Waals surface area contributed by atoms with Gasteiger partial charge in [-0.3, -0.25) is 14.6 Å². The zero-order valence-corrected chi connectivity index (χ0v) is 18.3. The van der Waals surface area contributed by atoms with E-state index in [0.717, 1.165) is 16.9 Å². The van der Waals surface area contributed by atoms with E-state index in [1.54, 1.807) is 19.1 Å². The van der Waals surface area contributed by atoms with E-state index in [-0.39, 0.29) is 11.9 Å². The molecule has 3 aliphatic heterocycles. The van der Waals surface area contributed by atoms with Gasteiger partial charge in [0.25, 0.3) is 5.91 Å². The summed E-state index contributed by atoms with van der Waals surface area (Å²) in [5.74, 6) is 1.11. The topological polar surface area (TPSA) is 68.7 Å². The lowest BCUT2D eigenvalue weighted by Crippen LogP contribution is -2.64. The molecule has 0 aliphatic carbocycles. The molecule has 8 nitrogen and oxygen atoms in total. The fraction of sp³-hybridized carbons (Fsp3) is 0.292. The number of urea groups is 1. The lowest BCUT2D eigenvalue weighted by atomic mass is 10.1. The second-order valence-corrected chi connectivity index (χ2v) is 8.09. The quantitative estimate of drug-likeness (QED) is 0.728. The van der Waals surface area contributed by atoms with Crippen LogP contribution in [0.4, 0.5) is 10.5 Å². The number of aliphatic imine (C=N–C) groups is 1. The van der Waals surface area contributed by atoms with E-state index in [4.69, 9.17) is 9.73 Å². The number of guanidine groups is 1. The largest absolute Gasteiger partial charge is 0.495 e. The van der Waals surface area contributed by atoms with Crippen LogP contribution in [0.15, 0.2) is 71.5 Å². The molecule has 2 atom stereocenters. The van der Waals surface area contributed by atoms with Crippen LogP contribution in [0, 0.1) is 0 Å². The zero-order chi connectivity index (χ0) is 22.4. The van der Waals surface area contributed by atoms with Crippen molar-refractivity contribution in [3.05, 3.63) is 72.1 Å². The third-order valence-electron chi connectivity index (χ3n) is 6.18. The van der Waals surface area contributed by atoms with Crippen LogP contribution in [0.1, 0.15) is 12.5 Å². The number of fused-ring (bicyclic) bond motifs is 3. The zero-order valence-electron chi connectivity index (χ0n) is 18.3. The van der Waals surface area contributed by atoms with Crippen molar-refractivity contribution >= 4 is 23.6 Å². The summed E-state index contributed by atoms with van der Waals surface area (Å²) >= 11 is 0. The number of hydrogen-bond acceptors (Lipinski definition) is 6. The van der Waals surface area contributed by atoms with Gasteiger partial charge in [0.05, 0.1) is 12.8 Å². The standard InChI is InChI=1S/C24H25N5O3/c1-16-15-28-20-21(25-23(28)29(16)18-11-7-8-12-19(18)32-3)26(2)24(31)27(22(20)30)14-13-17-9-5-4-6-10-17/h4-12,15,20-21H,13-14H2,1-3H3. The first-order valence-corrected chi connectivity index (χ1v) is 10.6. The van der Waals surface area contributed by atoms with Gasteiger partial charge in [-0.1, -0.05) is 42.5 Å². The van der Waals surface area contributed by atoms with Crippen molar-refractivity contribution in [2.24, 2.45) is 4.99 Å². The maximum atomic E-state index is 13.5. The Balaban J connectivity index is 1.44. The number of rotatable bonds is 5. The number of benzene rings is 2. The molecular formula is C24H25N5O3. The maximum absolute atomic E-state index is 13.5. The molecule has 1 saturated heterocycles. The minimum atomic E-state index is -0.585. The molecule has 2 unspecified atom stereocenters. The van der Waals surface area contributed by atoms with E-state index < -0.39 is 12.2 Å². The van der Waals surface area contributed by atoms with Crippen LogP contribution in [0.25, 0.3) is 0 Å². The smallest absolute Gasteiger partial charge is 0.328 e. The minimum absolute atomic E-state index is 0.223. The average Bonchev–Trinajstić information content (AvgIpc) is 3.32. The Morgan fingerprint density at radius 1 is 1.03 bits per heavy atom. The van der Waals surface area contributed by atoms with Gasteiger partial charge in [-0.2, -0.15) is 0 Å². The van der Waals surface area contributed by atoms with Gasteiger partial charge in [-0.05, 0) is 31.0 Å². The third-order valence-corrected chi connectivity index (χ3v) is 6.18. The van der Waals surface area contributed by atoms with Crippen LogP contribution in [0.2, 0.25) is 0 Å². The average molecular weight is 431 g/mol. The van der Waals surface area contributed by atoms with E-state index in [2.05, 4.69) is 0 Å². The Kier molecular flexibility index (Phi) is 4.84. The summed E-state index contributed by atoms with van der Waals surface area (Å²) in [5.41, 5.74) is 2.85. The van der Waals surface area contributed by atoms with Crippen LogP contribution in [-0.4, -0.2) is 65.5 Å². The summed E-state index contributed by atoms with van der Waals surface area (Å²) in [5, 5.41) is 0. The number of allylic oxidation sites excluding steroid dienone is 1. The number of hydrogen-bond donors (Lipinski definition) is 0. The predicted octanol–water partition coefficient (Wildman–Crippen LogP) is 2.88. The molecule has 164 valence electrons. The fourth-order valence-corrected chi connectivity index (χ4v) is 4.56. The monoisotopic (exact) mass is 431 g/mol. The number of para-hydroxylation sites is 2. The van der Waals surface area contributed by atoms with E-state index in [9.17, 15) is 9.59 Å². The molecule has 0 aromatic heterocycles. The van der Waals surface area contributed by atoms with Gasteiger partial charge >= 0.3 is 6.03 Å². The number of anilines is 1. The van der Waals surface area contributed by atoms with Crippen molar-refractivity contribution in [2.75, 3.05) is 25.6 Å². The second-order valence-electron chi connectivity index (χ2n) is 8.09. The van der Waals surface area contributed by atoms with Gasteiger partial charge in [0.1, 0.15) is 5.75 Å². The number of nitrogens with zero attached hydrogens (tertiary/aromatic N) is 5. The highest BCUT2D eigenvalue weighted by Gasteiger charge is 2.54. The van der Waals surface area contributed by atoms with E-state index >= 15 is 0 Å². The lowest BCUT2D eigenvalue weighted by Gasteiger charge is -2.40. The van der Waals surface area contributed by atoms with Crippen molar-refractivity contribution in [2.45, 2.75) is 25.6 Å². The molecule has 2 aromatic carbocycles. The summed E-state index contributed by atoms with van der Waals surface area (Å²) in [6.45, 7) is 2.30. The minimum Gasteiger partial charge on any atom is -0.495 e. The molecule has 0 N–H and O–H groups in total. The molecule has 0 radical (unpaired) electrons. The molecule has 5 rings (SSSR count). The van der Waals surface area contributed by atoms with Gasteiger partial charge in [0.15, 0.2) is 12.2 Å². The van der Waals surface area contributed by atoms with Crippen LogP contribution in [0.5, 0.6) is 5.75 Å². The highest BCUT2D eigenvalue weighted by molar-refractivity contribution is 6.10. The number of amides is 3. The van der Waals surface area contributed by atoms with Crippen molar-refractivity contribution in [3.63, 3.8) is 0 Å². The predicted molar refractivity (Wildman–Crippen MR) is 121 cm³/mol. The summed E-state index contributed by atoms with van der Waals surface area (Å²) in [6.07, 6.45) is 1.96. The first kappa shape index (κ1) is 20.1. The fourth-order valence-electron chi connectivity index (χ4n) is 4.56. The highest BCUT2D eigenvalue weighted by Crippen LogP contribution is 2.39. The van der Waals surface area contributed by atoms with Crippen LogP contribution in [-0.2, 0) is 11.2 Å². The summed E-state index contributed by atoms with van der Waals surface area (Å²) < 4.78 is 5.54. The first-order chi connectivity index (χ1) is 15.5. The Morgan fingerprint density at radius 3 is 2.50 bits per heavy atom. The molecule has 8 heteroatoms. The molecular weight excluding hydrogens is 406 g/mol. The number of ether oxygens (including phenoxy) is 1. The first-order valence-electron chi connectivity index (χ1n) is 10.6. The summed E-state index contributed by atoms with van der Waals surface area (Å²) in [4.78, 5) is 38.1. The van der Waals surface area contributed by atoms with Crippen molar-refractivity contribution in [1.29, 1.82) is 0 Å². The Bertz CT molecular complexity index is 1130. The Hall–Kier alpha value is -3.81. The highest BCUT2D eigenvalue weighted by atomic mass is 16.5. The van der Waals surface area contributed by atoms with Crippen LogP contribution >= 0.6 is 0 Å². The van der Waals surface area contributed by atoms with Gasteiger partial charge in [0.2, 0.25) is 5.96 Å². The van der Waals surface area contributed by atoms with E-state index in [1.807, 2.05) is 77.5 Å². The number of likely N-dealkylation sites (N-methyl/N-ethyl adjacent to an activating group) is 1. The molecule has 0 bridgehead atoms. The lowest BCUT2D eigenvalue weighted by molar-refractivity contribution is -0.136. The van der Waals surface area contributed by atoms with Gasteiger partial charge < -0.3 is 14.5 Å². The molecule has 3 amide bonds. The Labute approximate surface area is 187 Å². The third kappa shape index (κ3) is 3.02. The van der Waals surface area contributed by atoms with Gasteiger partial charge in [0, 0.05) is 25.5 Å². The van der Waals surface area contributed by atoms with E-state index in [1.165, 1.54) is 4.90 Å². The van der Waals surface area contributed by atoms with Crippen molar-refractivity contribution in [3.8, 4) is 5.75 Å². The summed E-state index contributed by atoms with van der Waals surface area (Å²) in [7, 11) is 3.33. The number of methoxy groups -OCH3 is 1. The van der Waals surface area contributed by atoms with Crippen LogP contribution in [0.3, 0.4) is 0 Å².